The molecule has 0 saturated carbocycles. The van der Waals surface area contributed by atoms with Gasteiger partial charge in [0.15, 0.2) is 0 Å². The number of nitrogen functional groups attached to an aromatic ring is 1. The van der Waals surface area contributed by atoms with Crippen molar-refractivity contribution in [3.63, 3.8) is 0 Å². The number of aromatic nitrogens is 1. The number of anilines is 1. The average molecular weight is 359 g/mol. The van der Waals surface area contributed by atoms with Crippen molar-refractivity contribution >= 4 is 33.1 Å². The van der Waals surface area contributed by atoms with E-state index in [2.05, 4.69) is 10.3 Å². The minimum Gasteiger partial charge on any atom is -0.397 e. The first-order valence-corrected chi connectivity index (χ1v) is 8.25. The van der Waals surface area contributed by atoms with Gasteiger partial charge in [-0.25, -0.2) is 4.98 Å². The molecule has 0 aliphatic carbocycles. The van der Waals surface area contributed by atoms with Crippen molar-refractivity contribution in [2.75, 3.05) is 18.9 Å². The van der Waals surface area contributed by atoms with Gasteiger partial charge in [0.2, 0.25) is 0 Å². The Balaban J connectivity index is 1.89. The van der Waals surface area contributed by atoms with Gasteiger partial charge in [-0.1, -0.05) is 0 Å². The van der Waals surface area contributed by atoms with Crippen LogP contribution in [0.2, 0.25) is 0 Å². The number of hydrogen-bond acceptors (Lipinski definition) is 5. The molecule has 1 aliphatic rings. The molecule has 0 spiro atoms. The maximum Gasteiger partial charge on any atom is 0.433 e. The van der Waals surface area contributed by atoms with Crippen LogP contribution < -0.4 is 11.1 Å². The van der Waals surface area contributed by atoms with E-state index >= 15 is 0 Å². The SMILES string of the molecule is Cc1cc(C(F)(F)F)nc2sc(C(=O)NC[C@@H]3CCCO3)c(N)c12. The van der Waals surface area contributed by atoms with Gasteiger partial charge < -0.3 is 15.8 Å². The van der Waals surface area contributed by atoms with E-state index in [4.69, 9.17) is 10.5 Å². The molecule has 0 unspecified atom stereocenters. The van der Waals surface area contributed by atoms with Gasteiger partial charge in [-0.15, -0.1) is 11.3 Å². The highest BCUT2D eigenvalue weighted by molar-refractivity contribution is 7.21. The summed E-state index contributed by atoms with van der Waals surface area (Å²) >= 11 is 0.870. The first-order valence-electron chi connectivity index (χ1n) is 7.44. The topological polar surface area (TPSA) is 77.2 Å². The standard InChI is InChI=1S/C15H16F3N3O2S/c1-7-5-9(15(16,17)18)21-14-10(7)11(19)12(24-14)13(22)20-6-8-3-2-4-23-8/h5,8H,2-4,6,19H2,1H3,(H,20,22)/t8-/m0/s1. The van der Waals surface area contributed by atoms with E-state index in [9.17, 15) is 18.0 Å². The maximum absolute atomic E-state index is 12.9. The molecule has 3 rings (SSSR count). The van der Waals surface area contributed by atoms with Crippen molar-refractivity contribution in [2.24, 2.45) is 0 Å². The molecule has 0 aromatic carbocycles. The largest absolute Gasteiger partial charge is 0.433 e. The number of nitrogens with two attached hydrogens (primary N) is 1. The molecule has 2 aromatic heterocycles. The number of ether oxygens (including phenoxy) is 1. The van der Waals surface area contributed by atoms with Crippen LogP contribution in [0.25, 0.3) is 10.2 Å². The normalized spacial score (nSPS) is 18.2. The summed E-state index contributed by atoms with van der Waals surface area (Å²) in [4.78, 5) is 16.2. The molecule has 24 heavy (non-hydrogen) atoms. The Bertz CT molecular complexity index is 782. The van der Waals surface area contributed by atoms with Crippen molar-refractivity contribution in [2.45, 2.75) is 32.0 Å². The van der Waals surface area contributed by atoms with Crippen molar-refractivity contribution < 1.29 is 22.7 Å². The van der Waals surface area contributed by atoms with Crippen molar-refractivity contribution in [1.29, 1.82) is 0 Å². The van der Waals surface area contributed by atoms with E-state index in [1.165, 1.54) is 6.92 Å². The van der Waals surface area contributed by atoms with Gasteiger partial charge in [0, 0.05) is 18.5 Å². The number of rotatable bonds is 3. The van der Waals surface area contributed by atoms with Gasteiger partial charge >= 0.3 is 6.18 Å². The number of amides is 1. The van der Waals surface area contributed by atoms with Gasteiger partial charge in [0.05, 0.1) is 11.8 Å². The summed E-state index contributed by atoms with van der Waals surface area (Å²) in [6.45, 7) is 2.55. The summed E-state index contributed by atoms with van der Waals surface area (Å²) in [5.74, 6) is -0.418. The van der Waals surface area contributed by atoms with Crippen LogP contribution in [0.1, 0.15) is 33.8 Å². The van der Waals surface area contributed by atoms with Crippen LogP contribution in [0.3, 0.4) is 0 Å². The highest BCUT2D eigenvalue weighted by Crippen LogP contribution is 2.38. The first-order chi connectivity index (χ1) is 11.3. The quantitative estimate of drug-likeness (QED) is 0.883. The smallest absolute Gasteiger partial charge is 0.397 e. The second-order valence-electron chi connectivity index (χ2n) is 5.69. The molecule has 1 saturated heterocycles. The number of nitrogens with one attached hydrogen (secondary N) is 1. The number of pyridine rings is 1. The van der Waals surface area contributed by atoms with E-state index < -0.39 is 17.8 Å². The molecule has 9 heteroatoms. The third-order valence-corrected chi connectivity index (χ3v) is 5.01. The molecule has 1 fully saturated rings. The minimum atomic E-state index is -4.54. The lowest BCUT2D eigenvalue weighted by molar-refractivity contribution is -0.141. The second-order valence-corrected chi connectivity index (χ2v) is 6.69. The number of carbonyl (C=O) groups excluding carboxylic acids is 1. The van der Waals surface area contributed by atoms with E-state index in [-0.39, 0.29) is 21.5 Å². The molecule has 1 aliphatic heterocycles. The van der Waals surface area contributed by atoms with Crippen LogP contribution in [0.5, 0.6) is 0 Å². The lowest BCUT2D eigenvalue weighted by Gasteiger charge is -2.10. The number of carbonyl (C=O) groups is 1. The Labute approximate surface area is 140 Å². The average Bonchev–Trinajstić information content (AvgIpc) is 3.12. The van der Waals surface area contributed by atoms with E-state index in [0.29, 0.717) is 24.1 Å². The van der Waals surface area contributed by atoms with Crippen LogP contribution in [-0.2, 0) is 10.9 Å². The summed E-state index contributed by atoms with van der Waals surface area (Å²) in [6.07, 6.45) is -2.74. The fourth-order valence-corrected chi connectivity index (χ4v) is 3.80. The number of halogens is 3. The number of aryl methyl sites for hydroxylation is 1. The molecule has 3 N–H and O–H groups in total. The zero-order valence-corrected chi connectivity index (χ0v) is 13.7. The Morgan fingerprint density at radius 1 is 1.54 bits per heavy atom. The third kappa shape index (κ3) is 3.18. The molecule has 3 heterocycles. The molecule has 1 atom stereocenters. The number of alkyl halides is 3. The summed E-state index contributed by atoms with van der Waals surface area (Å²) in [7, 11) is 0. The fraction of sp³-hybridized carbons (Fsp3) is 0.467. The lowest BCUT2D eigenvalue weighted by Crippen LogP contribution is -2.31. The van der Waals surface area contributed by atoms with Crippen LogP contribution in [-0.4, -0.2) is 30.1 Å². The van der Waals surface area contributed by atoms with Gasteiger partial charge in [0.1, 0.15) is 15.4 Å². The monoisotopic (exact) mass is 359 g/mol. The molecule has 5 nitrogen and oxygen atoms in total. The predicted molar refractivity (Wildman–Crippen MR) is 85.1 cm³/mol. The Kier molecular flexibility index (Phi) is 4.39. The van der Waals surface area contributed by atoms with E-state index in [0.717, 1.165) is 30.2 Å². The summed E-state index contributed by atoms with van der Waals surface area (Å²) < 4.78 is 44.0. The molecule has 1 amide bonds. The number of hydrogen-bond donors (Lipinski definition) is 2. The van der Waals surface area contributed by atoms with E-state index in [1.807, 2.05) is 0 Å². The van der Waals surface area contributed by atoms with Gasteiger partial charge in [-0.3, -0.25) is 4.79 Å². The van der Waals surface area contributed by atoms with Crippen molar-refractivity contribution in [3.8, 4) is 0 Å². The Morgan fingerprint density at radius 2 is 2.29 bits per heavy atom. The fourth-order valence-electron chi connectivity index (χ4n) is 2.72. The van der Waals surface area contributed by atoms with E-state index in [1.54, 1.807) is 0 Å². The summed E-state index contributed by atoms with van der Waals surface area (Å²) in [5.41, 5.74) is 5.51. The van der Waals surface area contributed by atoms with Gasteiger partial charge in [0.25, 0.3) is 5.91 Å². The highest BCUT2D eigenvalue weighted by Gasteiger charge is 2.34. The Hall–Kier alpha value is -1.87. The van der Waals surface area contributed by atoms with Crippen molar-refractivity contribution in [3.05, 3.63) is 22.2 Å². The minimum absolute atomic E-state index is 0.0266. The summed E-state index contributed by atoms with van der Waals surface area (Å²) in [6, 6.07) is 0.944. The molecule has 2 aromatic rings. The zero-order chi connectivity index (χ0) is 17.5. The summed E-state index contributed by atoms with van der Waals surface area (Å²) in [5, 5.41) is 3.12. The lowest BCUT2D eigenvalue weighted by atomic mass is 10.1. The third-order valence-electron chi connectivity index (χ3n) is 3.91. The molecule has 0 radical (unpaired) electrons. The van der Waals surface area contributed by atoms with Crippen LogP contribution in [0.4, 0.5) is 18.9 Å². The maximum atomic E-state index is 12.9. The first kappa shape index (κ1) is 17.0. The van der Waals surface area contributed by atoms with Gasteiger partial charge in [-0.2, -0.15) is 13.2 Å². The Morgan fingerprint density at radius 3 is 2.92 bits per heavy atom. The van der Waals surface area contributed by atoms with Crippen LogP contribution in [0, 0.1) is 6.92 Å². The van der Waals surface area contributed by atoms with Gasteiger partial charge in [-0.05, 0) is 31.4 Å². The molecular formula is C15H16F3N3O2S. The molecule has 0 bridgehead atoms. The molecule has 130 valence electrons. The highest BCUT2D eigenvalue weighted by atomic mass is 32.1. The number of thiophene rings is 1. The predicted octanol–water partition coefficient (Wildman–Crippen LogP) is 3.11. The van der Waals surface area contributed by atoms with Crippen LogP contribution in [0.15, 0.2) is 6.07 Å². The number of nitrogens with zero attached hydrogens (tertiary/aromatic N) is 1. The zero-order valence-electron chi connectivity index (χ0n) is 12.9. The number of fused-ring (bicyclic) bond motifs is 1. The van der Waals surface area contributed by atoms with Crippen LogP contribution >= 0.6 is 11.3 Å². The van der Waals surface area contributed by atoms with Crippen molar-refractivity contribution in [1.82, 2.24) is 10.3 Å². The second kappa shape index (κ2) is 6.21. The molecular weight excluding hydrogens is 343 g/mol.